The van der Waals surface area contributed by atoms with E-state index in [-0.39, 0.29) is 0 Å². The van der Waals surface area contributed by atoms with Gasteiger partial charge in [-0.3, -0.25) is 4.68 Å². The Labute approximate surface area is 120 Å². The number of piperidine rings is 1. The summed E-state index contributed by atoms with van der Waals surface area (Å²) in [6.07, 6.45) is 8.27. The van der Waals surface area contributed by atoms with E-state index in [1.54, 1.807) is 0 Å². The van der Waals surface area contributed by atoms with Crippen molar-refractivity contribution < 1.29 is 0 Å². The molecule has 1 aliphatic rings. The van der Waals surface area contributed by atoms with Crippen LogP contribution in [0.25, 0.3) is 5.69 Å². The van der Waals surface area contributed by atoms with Gasteiger partial charge in [0.2, 0.25) is 0 Å². The summed E-state index contributed by atoms with van der Waals surface area (Å²) in [5, 5.41) is 8.99. The third kappa shape index (κ3) is 2.50. The van der Waals surface area contributed by atoms with Crippen LogP contribution in [0.4, 0.5) is 0 Å². The van der Waals surface area contributed by atoms with E-state index in [1.165, 1.54) is 18.5 Å². The lowest BCUT2D eigenvalue weighted by molar-refractivity contribution is 0.212. The lowest BCUT2D eigenvalue weighted by Crippen LogP contribution is -2.31. The quantitative estimate of drug-likeness (QED) is 0.862. The molecule has 5 nitrogen and oxygen atoms in total. The van der Waals surface area contributed by atoms with Crippen molar-refractivity contribution in [3.63, 3.8) is 0 Å². The molecule has 0 bridgehead atoms. The Morgan fingerprint density at radius 1 is 1.20 bits per heavy atom. The van der Waals surface area contributed by atoms with E-state index in [2.05, 4.69) is 52.9 Å². The molecule has 0 aromatic carbocycles. The molecule has 1 saturated heterocycles. The molecule has 0 atom stereocenters. The van der Waals surface area contributed by atoms with Gasteiger partial charge in [0.1, 0.15) is 5.69 Å². The monoisotopic (exact) mass is 273 g/mol. The Balaban J connectivity index is 1.81. The first-order valence-electron chi connectivity index (χ1n) is 7.42. The average Bonchev–Trinajstić information content (AvgIpc) is 3.08. The third-order valence-corrected chi connectivity index (χ3v) is 4.16. The van der Waals surface area contributed by atoms with Gasteiger partial charge in [0.05, 0.1) is 18.4 Å². The predicted molar refractivity (Wildman–Crippen MR) is 79.2 cm³/mol. The number of hydrogen-bond donors (Lipinski definition) is 0. The van der Waals surface area contributed by atoms with E-state index in [4.69, 9.17) is 0 Å². The summed E-state index contributed by atoms with van der Waals surface area (Å²) in [4.78, 5) is 2.38. The van der Waals surface area contributed by atoms with Crippen LogP contribution in [0.2, 0.25) is 0 Å². The highest BCUT2D eigenvalue weighted by Gasteiger charge is 2.19. The molecule has 0 spiro atoms. The molecule has 20 heavy (non-hydrogen) atoms. The zero-order chi connectivity index (χ0) is 14.1. The fourth-order valence-electron chi connectivity index (χ4n) is 2.86. The summed E-state index contributed by atoms with van der Waals surface area (Å²) in [7, 11) is 2.18. The second kappa shape index (κ2) is 5.40. The van der Waals surface area contributed by atoms with Gasteiger partial charge in [0.25, 0.3) is 0 Å². The molecule has 3 heterocycles. The summed E-state index contributed by atoms with van der Waals surface area (Å²) in [5.74, 6) is 0.462. The highest BCUT2D eigenvalue weighted by molar-refractivity contribution is 5.28. The van der Waals surface area contributed by atoms with Gasteiger partial charge in [0.15, 0.2) is 0 Å². The second-order valence-electron chi connectivity index (χ2n) is 6.04. The van der Waals surface area contributed by atoms with Crippen LogP contribution in [-0.4, -0.2) is 44.6 Å². The van der Waals surface area contributed by atoms with E-state index < -0.39 is 0 Å². The zero-order valence-electron chi connectivity index (χ0n) is 12.5. The van der Waals surface area contributed by atoms with Crippen LogP contribution in [0.5, 0.6) is 0 Å². The molecule has 2 aromatic heterocycles. The summed E-state index contributed by atoms with van der Waals surface area (Å²) in [6, 6.07) is 2.61. The first-order valence-corrected chi connectivity index (χ1v) is 7.42. The standard InChI is InChI=1S/C15H23N5/c1-12(2)15-4-7-16-20(15)14-10-17-19(11-14)13-5-8-18(3)9-6-13/h4,7,10-13H,5-6,8-9H2,1-3H3. The van der Waals surface area contributed by atoms with E-state index in [1.807, 2.05) is 17.1 Å². The van der Waals surface area contributed by atoms with Gasteiger partial charge in [-0.05, 0) is 45.0 Å². The van der Waals surface area contributed by atoms with Crippen molar-refractivity contribution in [2.24, 2.45) is 0 Å². The second-order valence-corrected chi connectivity index (χ2v) is 6.04. The number of hydrogen-bond acceptors (Lipinski definition) is 3. The average molecular weight is 273 g/mol. The molecule has 2 aromatic rings. The fourth-order valence-corrected chi connectivity index (χ4v) is 2.86. The SMILES string of the molecule is CC(C)c1ccnn1-c1cnn(C2CCN(C)CC2)c1. The number of nitrogens with zero attached hydrogens (tertiary/aromatic N) is 5. The lowest BCUT2D eigenvalue weighted by Gasteiger charge is -2.28. The van der Waals surface area contributed by atoms with Crippen LogP contribution in [0.1, 0.15) is 44.3 Å². The summed E-state index contributed by atoms with van der Waals surface area (Å²) in [5.41, 5.74) is 2.30. The molecule has 5 heteroatoms. The van der Waals surface area contributed by atoms with Crippen molar-refractivity contribution in [1.82, 2.24) is 24.5 Å². The van der Waals surface area contributed by atoms with Crippen molar-refractivity contribution in [2.45, 2.75) is 38.6 Å². The molecule has 0 N–H and O–H groups in total. The van der Waals surface area contributed by atoms with E-state index in [9.17, 15) is 0 Å². The molecule has 1 aliphatic heterocycles. The van der Waals surface area contributed by atoms with Gasteiger partial charge in [-0.25, -0.2) is 4.68 Å². The largest absolute Gasteiger partial charge is 0.306 e. The van der Waals surface area contributed by atoms with Gasteiger partial charge >= 0.3 is 0 Å². The van der Waals surface area contributed by atoms with Crippen molar-refractivity contribution in [3.05, 3.63) is 30.4 Å². The number of rotatable bonds is 3. The molecular formula is C15H23N5. The maximum atomic E-state index is 4.56. The molecule has 0 aliphatic carbocycles. The summed E-state index contributed by atoms with van der Waals surface area (Å²) in [6.45, 7) is 6.68. The molecular weight excluding hydrogens is 250 g/mol. The minimum atomic E-state index is 0.462. The van der Waals surface area contributed by atoms with Gasteiger partial charge in [-0.15, -0.1) is 0 Å². The van der Waals surface area contributed by atoms with Crippen LogP contribution in [-0.2, 0) is 0 Å². The lowest BCUT2D eigenvalue weighted by atomic mass is 10.1. The Morgan fingerprint density at radius 3 is 2.65 bits per heavy atom. The van der Waals surface area contributed by atoms with Gasteiger partial charge in [0, 0.05) is 11.9 Å². The van der Waals surface area contributed by atoms with Crippen LogP contribution >= 0.6 is 0 Å². The smallest absolute Gasteiger partial charge is 0.103 e. The van der Waals surface area contributed by atoms with Gasteiger partial charge in [-0.1, -0.05) is 13.8 Å². The van der Waals surface area contributed by atoms with Crippen LogP contribution in [0, 0.1) is 0 Å². The fraction of sp³-hybridized carbons (Fsp3) is 0.600. The minimum absolute atomic E-state index is 0.462. The molecule has 108 valence electrons. The molecule has 0 amide bonds. The minimum Gasteiger partial charge on any atom is -0.306 e. The van der Waals surface area contributed by atoms with Crippen LogP contribution in [0.15, 0.2) is 24.7 Å². The molecule has 0 unspecified atom stereocenters. The maximum absolute atomic E-state index is 4.56. The Bertz CT molecular complexity index is 560. The van der Waals surface area contributed by atoms with Crippen LogP contribution in [0.3, 0.4) is 0 Å². The maximum Gasteiger partial charge on any atom is 0.103 e. The summed E-state index contributed by atoms with van der Waals surface area (Å²) >= 11 is 0. The van der Waals surface area contributed by atoms with E-state index >= 15 is 0 Å². The first-order chi connectivity index (χ1) is 9.65. The number of likely N-dealkylation sites (tertiary alicyclic amines) is 1. The zero-order valence-corrected chi connectivity index (χ0v) is 12.5. The Hall–Kier alpha value is -1.62. The molecule has 0 radical (unpaired) electrons. The Morgan fingerprint density at radius 2 is 1.95 bits per heavy atom. The van der Waals surface area contributed by atoms with E-state index in [0.717, 1.165) is 18.8 Å². The van der Waals surface area contributed by atoms with E-state index in [0.29, 0.717) is 12.0 Å². The normalized spacial score (nSPS) is 18.0. The predicted octanol–water partition coefficient (Wildman–Crippen LogP) is 2.46. The van der Waals surface area contributed by atoms with Gasteiger partial charge in [-0.2, -0.15) is 10.2 Å². The first kappa shape index (κ1) is 13.4. The summed E-state index contributed by atoms with van der Waals surface area (Å²) < 4.78 is 4.12. The van der Waals surface area contributed by atoms with Crippen molar-refractivity contribution >= 4 is 0 Å². The van der Waals surface area contributed by atoms with Crippen molar-refractivity contribution in [2.75, 3.05) is 20.1 Å². The number of aromatic nitrogens is 4. The van der Waals surface area contributed by atoms with Crippen molar-refractivity contribution in [1.29, 1.82) is 0 Å². The Kier molecular flexibility index (Phi) is 3.61. The van der Waals surface area contributed by atoms with Crippen molar-refractivity contribution in [3.8, 4) is 5.69 Å². The van der Waals surface area contributed by atoms with Gasteiger partial charge < -0.3 is 4.90 Å². The molecule has 1 fully saturated rings. The topological polar surface area (TPSA) is 38.9 Å². The molecule has 3 rings (SSSR count). The van der Waals surface area contributed by atoms with Crippen LogP contribution < -0.4 is 0 Å². The molecule has 0 saturated carbocycles. The highest BCUT2D eigenvalue weighted by atomic mass is 15.3. The third-order valence-electron chi connectivity index (χ3n) is 4.16. The highest BCUT2D eigenvalue weighted by Crippen LogP contribution is 2.23.